The molecule has 1 saturated carbocycles. The van der Waals surface area contributed by atoms with E-state index in [2.05, 4.69) is 10.2 Å². The van der Waals surface area contributed by atoms with Crippen LogP contribution in [0.1, 0.15) is 51.8 Å². The highest BCUT2D eigenvalue weighted by Gasteiger charge is 2.44. The van der Waals surface area contributed by atoms with Crippen molar-refractivity contribution in [2.45, 2.75) is 51.2 Å². The van der Waals surface area contributed by atoms with Gasteiger partial charge in [0.15, 0.2) is 0 Å². The van der Waals surface area contributed by atoms with Gasteiger partial charge in [0.1, 0.15) is 0 Å². The Balaban J connectivity index is 1.80. The summed E-state index contributed by atoms with van der Waals surface area (Å²) in [6, 6.07) is 0. The minimum absolute atomic E-state index is 0.0172. The van der Waals surface area contributed by atoms with Crippen LogP contribution in [0.3, 0.4) is 0 Å². The van der Waals surface area contributed by atoms with Gasteiger partial charge < -0.3 is 9.52 Å². The Kier molecular flexibility index (Phi) is 3.90. The van der Waals surface area contributed by atoms with Gasteiger partial charge in [-0.15, -0.1) is 10.2 Å². The highest BCUT2D eigenvalue weighted by Crippen LogP contribution is 2.51. The fourth-order valence-corrected chi connectivity index (χ4v) is 3.06. The first-order valence-corrected chi connectivity index (χ1v) is 7.59. The van der Waals surface area contributed by atoms with Crippen molar-refractivity contribution in [2.24, 2.45) is 5.41 Å². The molecule has 0 aliphatic heterocycles. The van der Waals surface area contributed by atoms with E-state index in [-0.39, 0.29) is 17.3 Å². The van der Waals surface area contributed by atoms with Gasteiger partial charge >= 0.3 is 5.97 Å². The molecule has 1 heterocycles. The summed E-state index contributed by atoms with van der Waals surface area (Å²) in [4.78, 5) is 10.8. The third-order valence-corrected chi connectivity index (χ3v) is 4.49. The second-order valence-electron chi connectivity index (χ2n) is 6.31. The molecule has 0 atom stereocenters. The van der Waals surface area contributed by atoms with E-state index in [1.54, 1.807) is 11.8 Å². The maximum absolute atomic E-state index is 10.8. The molecule has 1 N–H and O–H groups in total. The van der Waals surface area contributed by atoms with E-state index in [1.165, 1.54) is 0 Å². The van der Waals surface area contributed by atoms with E-state index in [1.807, 2.05) is 20.8 Å². The van der Waals surface area contributed by atoms with Gasteiger partial charge in [-0.05, 0) is 24.0 Å². The molecular weight excluding hydrogens is 264 g/mol. The lowest BCUT2D eigenvalue weighted by molar-refractivity contribution is -0.138. The summed E-state index contributed by atoms with van der Waals surface area (Å²) in [7, 11) is 0. The Morgan fingerprint density at radius 2 is 2.11 bits per heavy atom. The van der Waals surface area contributed by atoms with Gasteiger partial charge in [0.05, 0.1) is 12.2 Å². The molecule has 0 amide bonds. The van der Waals surface area contributed by atoms with Crippen molar-refractivity contribution in [1.82, 2.24) is 10.2 Å². The lowest BCUT2D eigenvalue weighted by Gasteiger charge is -2.11. The summed E-state index contributed by atoms with van der Waals surface area (Å²) < 4.78 is 5.60. The molecule has 19 heavy (non-hydrogen) atoms. The van der Waals surface area contributed by atoms with E-state index >= 15 is 0 Å². The molecule has 0 aromatic carbocycles. The number of hydrogen-bond donors (Lipinski definition) is 1. The highest BCUT2D eigenvalue weighted by atomic mass is 32.2. The average molecular weight is 284 g/mol. The SMILES string of the molecule is CC(C)(C)c1nnc(CSCC2(CC(=O)O)CC2)o1. The average Bonchev–Trinajstić information content (AvgIpc) is 2.85. The van der Waals surface area contributed by atoms with E-state index in [0.29, 0.717) is 17.5 Å². The van der Waals surface area contributed by atoms with Gasteiger partial charge in [-0.25, -0.2) is 0 Å². The van der Waals surface area contributed by atoms with Crippen LogP contribution in [0.2, 0.25) is 0 Å². The minimum atomic E-state index is -0.703. The van der Waals surface area contributed by atoms with Gasteiger partial charge in [0.25, 0.3) is 0 Å². The third kappa shape index (κ3) is 3.96. The number of aliphatic carboxylic acids is 1. The molecule has 2 rings (SSSR count). The normalized spacial score (nSPS) is 17.4. The van der Waals surface area contributed by atoms with Gasteiger partial charge in [0, 0.05) is 5.41 Å². The molecule has 106 valence electrons. The number of rotatable bonds is 6. The lowest BCUT2D eigenvalue weighted by Crippen LogP contribution is -2.11. The van der Waals surface area contributed by atoms with Crippen molar-refractivity contribution in [1.29, 1.82) is 0 Å². The Morgan fingerprint density at radius 3 is 2.58 bits per heavy atom. The number of thioether (sulfide) groups is 1. The summed E-state index contributed by atoms with van der Waals surface area (Å²) in [6.45, 7) is 6.09. The van der Waals surface area contributed by atoms with Crippen LogP contribution in [0.25, 0.3) is 0 Å². The summed E-state index contributed by atoms with van der Waals surface area (Å²) in [6.07, 6.45) is 2.31. The number of hydrogen-bond acceptors (Lipinski definition) is 5. The Morgan fingerprint density at radius 1 is 1.42 bits per heavy atom. The van der Waals surface area contributed by atoms with E-state index in [4.69, 9.17) is 9.52 Å². The van der Waals surface area contributed by atoms with Gasteiger partial charge in [-0.2, -0.15) is 11.8 Å². The standard InChI is InChI=1S/C13H20N2O3S/c1-12(2,3)11-15-14-9(18-11)7-19-8-13(4-5-13)6-10(16)17/h4-8H2,1-3H3,(H,16,17). The molecule has 6 heteroatoms. The van der Waals surface area contributed by atoms with Crippen LogP contribution in [0.4, 0.5) is 0 Å². The van der Waals surface area contributed by atoms with Crippen molar-refractivity contribution in [3.8, 4) is 0 Å². The topological polar surface area (TPSA) is 76.2 Å². The molecule has 5 nitrogen and oxygen atoms in total. The fourth-order valence-electron chi connectivity index (χ4n) is 1.84. The molecule has 1 aromatic rings. The zero-order valence-corrected chi connectivity index (χ0v) is 12.4. The van der Waals surface area contributed by atoms with Crippen LogP contribution >= 0.6 is 11.8 Å². The Bertz CT molecular complexity index is 461. The first-order chi connectivity index (χ1) is 8.81. The monoisotopic (exact) mass is 284 g/mol. The predicted octanol–water partition coefficient (Wildman–Crippen LogP) is 2.86. The summed E-state index contributed by atoms with van der Waals surface area (Å²) >= 11 is 1.68. The quantitative estimate of drug-likeness (QED) is 0.865. The van der Waals surface area contributed by atoms with Crippen LogP contribution in [0.15, 0.2) is 4.42 Å². The Labute approximate surface area is 117 Å². The van der Waals surface area contributed by atoms with Crippen molar-refractivity contribution in [3.63, 3.8) is 0 Å². The fraction of sp³-hybridized carbons (Fsp3) is 0.769. The molecule has 1 aliphatic rings. The molecule has 1 aromatic heterocycles. The first-order valence-electron chi connectivity index (χ1n) is 6.43. The van der Waals surface area contributed by atoms with Gasteiger partial charge in [-0.1, -0.05) is 20.8 Å². The minimum Gasteiger partial charge on any atom is -0.481 e. The number of aromatic nitrogens is 2. The number of carboxylic acids is 1. The van der Waals surface area contributed by atoms with E-state index < -0.39 is 5.97 Å². The summed E-state index contributed by atoms with van der Waals surface area (Å²) in [5.74, 6) is 2.08. The number of carboxylic acid groups (broad SMARTS) is 1. The number of nitrogens with zero attached hydrogens (tertiary/aromatic N) is 2. The van der Waals surface area contributed by atoms with Crippen LogP contribution in [0.5, 0.6) is 0 Å². The van der Waals surface area contributed by atoms with Crippen molar-refractivity contribution in [2.75, 3.05) is 5.75 Å². The molecule has 0 spiro atoms. The molecular formula is C13H20N2O3S. The zero-order chi connectivity index (χ0) is 14.1. The Hall–Kier alpha value is -1.04. The second kappa shape index (κ2) is 5.15. The third-order valence-electron chi connectivity index (χ3n) is 3.23. The smallest absolute Gasteiger partial charge is 0.303 e. The predicted molar refractivity (Wildman–Crippen MR) is 73.1 cm³/mol. The molecule has 0 bridgehead atoms. The molecule has 1 fully saturated rings. The maximum Gasteiger partial charge on any atom is 0.303 e. The van der Waals surface area contributed by atoms with Crippen molar-refractivity contribution in [3.05, 3.63) is 11.8 Å². The lowest BCUT2D eigenvalue weighted by atomic mass is 9.97. The van der Waals surface area contributed by atoms with Crippen molar-refractivity contribution < 1.29 is 14.3 Å². The van der Waals surface area contributed by atoms with E-state index in [9.17, 15) is 4.79 Å². The van der Waals surface area contributed by atoms with E-state index in [0.717, 1.165) is 18.6 Å². The highest BCUT2D eigenvalue weighted by molar-refractivity contribution is 7.98. The van der Waals surface area contributed by atoms with Crippen LogP contribution in [0, 0.1) is 5.41 Å². The molecule has 0 saturated heterocycles. The van der Waals surface area contributed by atoms with Crippen molar-refractivity contribution >= 4 is 17.7 Å². The van der Waals surface area contributed by atoms with Gasteiger partial charge in [0.2, 0.25) is 11.8 Å². The largest absolute Gasteiger partial charge is 0.481 e. The molecule has 0 radical (unpaired) electrons. The van der Waals surface area contributed by atoms with Crippen LogP contribution in [-0.2, 0) is 16.0 Å². The van der Waals surface area contributed by atoms with Gasteiger partial charge in [-0.3, -0.25) is 4.79 Å². The maximum atomic E-state index is 10.8. The van der Waals surface area contributed by atoms with Crippen LogP contribution < -0.4 is 0 Å². The summed E-state index contributed by atoms with van der Waals surface area (Å²) in [5.41, 5.74) is -0.111. The van der Waals surface area contributed by atoms with Crippen LogP contribution in [-0.4, -0.2) is 27.0 Å². The first kappa shape index (κ1) is 14.4. The second-order valence-corrected chi connectivity index (χ2v) is 7.30. The summed E-state index contributed by atoms with van der Waals surface area (Å²) in [5, 5.41) is 16.9. The molecule has 0 unspecified atom stereocenters. The zero-order valence-electron chi connectivity index (χ0n) is 11.6. The molecule has 1 aliphatic carbocycles. The number of carbonyl (C=O) groups is 1.